The van der Waals surface area contributed by atoms with Gasteiger partial charge in [-0.15, -0.1) is 0 Å². The minimum atomic E-state index is 0.165. The molecule has 1 N–H and O–H groups in total. The van der Waals surface area contributed by atoms with Gasteiger partial charge in [-0.25, -0.2) is 0 Å². The van der Waals surface area contributed by atoms with E-state index in [1.807, 2.05) is 23.1 Å². The Balaban J connectivity index is 1.87. The lowest BCUT2D eigenvalue weighted by molar-refractivity contribution is -0.132. The van der Waals surface area contributed by atoms with Gasteiger partial charge in [-0.05, 0) is 30.2 Å². The quantitative estimate of drug-likeness (QED) is 0.803. The zero-order valence-corrected chi connectivity index (χ0v) is 14.0. The standard InChI is InChI=1S/C17H26N2O4/c1-22-15-4-5-16(23-2)14(13-15)3-6-17(21)19-9-7-18(8-10-19)11-12-20/h4-5,13,20H,3,6-12H2,1-2H3. The fourth-order valence-electron chi connectivity index (χ4n) is 2.84. The van der Waals surface area contributed by atoms with Crippen molar-refractivity contribution >= 4 is 5.91 Å². The molecule has 128 valence electrons. The minimum absolute atomic E-state index is 0.165. The van der Waals surface area contributed by atoms with E-state index in [9.17, 15) is 4.79 Å². The van der Waals surface area contributed by atoms with Crippen LogP contribution in [-0.4, -0.2) is 74.4 Å². The van der Waals surface area contributed by atoms with E-state index < -0.39 is 0 Å². The Bertz CT molecular complexity index is 513. The average molecular weight is 322 g/mol. The van der Waals surface area contributed by atoms with Gasteiger partial charge in [0.2, 0.25) is 5.91 Å². The van der Waals surface area contributed by atoms with Gasteiger partial charge in [0.15, 0.2) is 0 Å². The van der Waals surface area contributed by atoms with E-state index >= 15 is 0 Å². The van der Waals surface area contributed by atoms with E-state index in [2.05, 4.69) is 4.90 Å². The maximum atomic E-state index is 12.4. The lowest BCUT2D eigenvalue weighted by atomic mass is 10.1. The monoisotopic (exact) mass is 322 g/mol. The lowest BCUT2D eigenvalue weighted by Crippen LogP contribution is -2.49. The molecule has 0 aromatic heterocycles. The van der Waals surface area contributed by atoms with Gasteiger partial charge in [0.05, 0.1) is 20.8 Å². The van der Waals surface area contributed by atoms with E-state index in [1.165, 1.54) is 0 Å². The smallest absolute Gasteiger partial charge is 0.222 e. The Morgan fingerprint density at radius 3 is 2.52 bits per heavy atom. The van der Waals surface area contributed by atoms with E-state index in [1.54, 1.807) is 14.2 Å². The molecule has 1 aliphatic heterocycles. The molecule has 1 saturated heterocycles. The summed E-state index contributed by atoms with van der Waals surface area (Å²) in [6.45, 7) is 3.97. The van der Waals surface area contributed by atoms with Crippen molar-refractivity contribution in [3.05, 3.63) is 23.8 Å². The van der Waals surface area contributed by atoms with Crippen LogP contribution in [0.3, 0.4) is 0 Å². The first-order valence-electron chi connectivity index (χ1n) is 7.99. The first-order chi connectivity index (χ1) is 11.2. The molecule has 2 rings (SSSR count). The molecule has 6 nitrogen and oxygen atoms in total. The van der Waals surface area contributed by atoms with E-state index in [0.717, 1.165) is 43.2 Å². The molecule has 1 amide bonds. The van der Waals surface area contributed by atoms with Crippen LogP contribution < -0.4 is 9.47 Å². The largest absolute Gasteiger partial charge is 0.497 e. The number of methoxy groups -OCH3 is 2. The summed E-state index contributed by atoms with van der Waals surface area (Å²) in [5, 5.41) is 8.95. The third kappa shape index (κ3) is 4.84. The number of amides is 1. The molecule has 0 radical (unpaired) electrons. The van der Waals surface area contributed by atoms with E-state index in [-0.39, 0.29) is 12.5 Å². The summed E-state index contributed by atoms with van der Waals surface area (Å²) in [6, 6.07) is 5.64. The highest BCUT2D eigenvalue weighted by molar-refractivity contribution is 5.76. The molecular formula is C17H26N2O4. The first kappa shape index (κ1) is 17.6. The van der Waals surface area contributed by atoms with E-state index in [0.29, 0.717) is 19.4 Å². The Morgan fingerprint density at radius 1 is 1.17 bits per heavy atom. The number of β-amino-alcohol motifs (C(OH)–C–C–N with tert-alkyl or cyclic N) is 1. The summed E-state index contributed by atoms with van der Waals surface area (Å²) in [5.74, 6) is 1.72. The van der Waals surface area contributed by atoms with Gasteiger partial charge in [-0.2, -0.15) is 0 Å². The van der Waals surface area contributed by atoms with Crippen molar-refractivity contribution in [3.63, 3.8) is 0 Å². The highest BCUT2D eigenvalue weighted by atomic mass is 16.5. The zero-order valence-electron chi connectivity index (χ0n) is 14.0. The predicted molar refractivity (Wildman–Crippen MR) is 88.0 cm³/mol. The Kier molecular flexibility index (Phi) is 6.67. The van der Waals surface area contributed by atoms with Crippen LogP contribution in [0.25, 0.3) is 0 Å². The Morgan fingerprint density at radius 2 is 1.91 bits per heavy atom. The normalized spacial score (nSPS) is 15.5. The van der Waals surface area contributed by atoms with Gasteiger partial charge in [0.1, 0.15) is 11.5 Å². The average Bonchev–Trinajstić information content (AvgIpc) is 2.60. The molecule has 23 heavy (non-hydrogen) atoms. The van der Waals surface area contributed by atoms with Crippen molar-refractivity contribution in [1.29, 1.82) is 0 Å². The van der Waals surface area contributed by atoms with Crippen molar-refractivity contribution in [2.24, 2.45) is 0 Å². The van der Waals surface area contributed by atoms with Crippen LogP contribution in [0.1, 0.15) is 12.0 Å². The van der Waals surface area contributed by atoms with Gasteiger partial charge in [0, 0.05) is 39.1 Å². The van der Waals surface area contributed by atoms with Crippen LogP contribution in [-0.2, 0) is 11.2 Å². The first-order valence-corrected chi connectivity index (χ1v) is 7.99. The van der Waals surface area contributed by atoms with Gasteiger partial charge >= 0.3 is 0 Å². The number of aliphatic hydroxyl groups excluding tert-OH is 1. The number of piperazine rings is 1. The summed E-state index contributed by atoms with van der Waals surface area (Å²) in [6.07, 6.45) is 1.10. The van der Waals surface area contributed by atoms with Crippen molar-refractivity contribution in [2.45, 2.75) is 12.8 Å². The number of nitrogens with zero attached hydrogens (tertiary/aromatic N) is 2. The highest BCUT2D eigenvalue weighted by Gasteiger charge is 2.20. The fourth-order valence-corrected chi connectivity index (χ4v) is 2.84. The van der Waals surface area contributed by atoms with Gasteiger partial charge < -0.3 is 19.5 Å². The topological polar surface area (TPSA) is 62.2 Å². The third-order valence-corrected chi connectivity index (χ3v) is 4.24. The molecule has 0 saturated carbocycles. The summed E-state index contributed by atoms with van der Waals surface area (Å²) in [4.78, 5) is 16.5. The number of benzene rings is 1. The number of hydrogen-bond donors (Lipinski definition) is 1. The van der Waals surface area contributed by atoms with Crippen molar-refractivity contribution in [1.82, 2.24) is 9.80 Å². The molecule has 0 bridgehead atoms. The molecule has 1 aromatic rings. The summed E-state index contributed by atoms with van der Waals surface area (Å²) in [7, 11) is 3.26. The summed E-state index contributed by atoms with van der Waals surface area (Å²) in [5.41, 5.74) is 0.985. The number of hydrogen-bond acceptors (Lipinski definition) is 5. The molecule has 0 spiro atoms. The number of aryl methyl sites for hydroxylation is 1. The van der Waals surface area contributed by atoms with Gasteiger partial charge in [-0.1, -0.05) is 0 Å². The second-order valence-electron chi connectivity index (χ2n) is 5.62. The van der Waals surface area contributed by atoms with Crippen molar-refractivity contribution in [2.75, 3.05) is 53.6 Å². The number of aliphatic hydroxyl groups is 1. The molecule has 6 heteroatoms. The van der Waals surface area contributed by atoms with Crippen LogP contribution >= 0.6 is 0 Å². The lowest BCUT2D eigenvalue weighted by Gasteiger charge is -2.34. The summed E-state index contributed by atoms with van der Waals surface area (Å²) >= 11 is 0. The molecular weight excluding hydrogens is 296 g/mol. The van der Waals surface area contributed by atoms with Gasteiger partial charge in [0.25, 0.3) is 0 Å². The van der Waals surface area contributed by atoms with E-state index in [4.69, 9.17) is 14.6 Å². The molecule has 1 heterocycles. The molecule has 0 atom stereocenters. The van der Waals surface area contributed by atoms with Crippen LogP contribution in [0.5, 0.6) is 11.5 Å². The maximum absolute atomic E-state index is 12.4. The predicted octanol–water partition coefficient (Wildman–Crippen LogP) is 0.773. The molecule has 0 unspecified atom stereocenters. The molecule has 0 aliphatic carbocycles. The minimum Gasteiger partial charge on any atom is -0.497 e. The molecule has 1 fully saturated rings. The Hall–Kier alpha value is -1.79. The maximum Gasteiger partial charge on any atom is 0.222 e. The third-order valence-electron chi connectivity index (χ3n) is 4.24. The fraction of sp³-hybridized carbons (Fsp3) is 0.588. The van der Waals surface area contributed by atoms with Crippen LogP contribution in [0.15, 0.2) is 18.2 Å². The zero-order chi connectivity index (χ0) is 16.7. The van der Waals surface area contributed by atoms with Crippen LogP contribution in [0.2, 0.25) is 0 Å². The number of ether oxygens (including phenoxy) is 2. The second kappa shape index (κ2) is 8.74. The van der Waals surface area contributed by atoms with Crippen molar-refractivity contribution in [3.8, 4) is 11.5 Å². The number of rotatable bonds is 7. The molecule has 1 aromatic carbocycles. The number of carbonyl (C=O) groups excluding carboxylic acids is 1. The summed E-state index contributed by atoms with van der Waals surface area (Å²) < 4.78 is 10.6. The number of carbonyl (C=O) groups is 1. The van der Waals surface area contributed by atoms with Crippen molar-refractivity contribution < 1.29 is 19.4 Å². The van der Waals surface area contributed by atoms with Crippen LogP contribution in [0, 0.1) is 0 Å². The molecule has 1 aliphatic rings. The second-order valence-corrected chi connectivity index (χ2v) is 5.62. The van der Waals surface area contributed by atoms with Gasteiger partial charge in [-0.3, -0.25) is 9.69 Å². The highest BCUT2D eigenvalue weighted by Crippen LogP contribution is 2.25. The Labute approximate surface area is 137 Å². The van der Waals surface area contributed by atoms with Crippen LogP contribution in [0.4, 0.5) is 0 Å². The SMILES string of the molecule is COc1ccc(OC)c(CCC(=O)N2CCN(CCO)CC2)c1.